The van der Waals surface area contributed by atoms with E-state index in [1.165, 1.54) is 0 Å². The van der Waals surface area contributed by atoms with Gasteiger partial charge in [0.1, 0.15) is 18.8 Å². The summed E-state index contributed by atoms with van der Waals surface area (Å²) in [5, 5.41) is 12.9. The van der Waals surface area contributed by atoms with E-state index in [2.05, 4.69) is 29.6 Å². The number of piperidine rings is 2. The minimum absolute atomic E-state index is 0.0428. The fourth-order valence-electron chi connectivity index (χ4n) is 6.71. The number of nitrogens with zero attached hydrogens (tertiary/aromatic N) is 1. The number of rotatable bonds is 6. The van der Waals surface area contributed by atoms with Gasteiger partial charge < -0.3 is 24.8 Å². The summed E-state index contributed by atoms with van der Waals surface area (Å²) in [4.78, 5) is 40.4. The van der Waals surface area contributed by atoms with Crippen LogP contribution in [0.25, 0.3) is 11.1 Å². The molecule has 0 aromatic heterocycles. The van der Waals surface area contributed by atoms with E-state index >= 15 is 0 Å². The minimum atomic E-state index is -1.51. The maximum atomic E-state index is 13.5. The Kier molecular flexibility index (Phi) is 6.92. The zero-order valence-electron chi connectivity index (χ0n) is 22.1. The van der Waals surface area contributed by atoms with Crippen LogP contribution in [0.1, 0.15) is 54.7 Å². The first kappa shape index (κ1) is 25.9. The highest BCUT2D eigenvalue weighted by Crippen LogP contribution is 2.45. The molecule has 1 aliphatic carbocycles. The summed E-state index contributed by atoms with van der Waals surface area (Å²) in [6.07, 6.45) is 1.18. The van der Waals surface area contributed by atoms with Crippen LogP contribution in [0, 0.1) is 0 Å². The molecule has 3 aromatic rings. The smallest absolute Gasteiger partial charge is 0.410 e. The van der Waals surface area contributed by atoms with Crippen LogP contribution >= 0.6 is 0 Å². The monoisotopic (exact) mass is 540 g/mol. The molecule has 40 heavy (non-hydrogen) atoms. The summed E-state index contributed by atoms with van der Waals surface area (Å²) < 4.78 is 11.3. The number of benzene rings is 3. The van der Waals surface area contributed by atoms with Gasteiger partial charge in [-0.1, -0.05) is 78.9 Å². The highest BCUT2D eigenvalue weighted by atomic mass is 16.6. The Morgan fingerprint density at radius 1 is 0.825 bits per heavy atom. The summed E-state index contributed by atoms with van der Waals surface area (Å²) in [6, 6.07) is 24.9. The fourth-order valence-corrected chi connectivity index (χ4v) is 6.71. The number of carbonyl (C=O) groups excluding carboxylic acids is 2. The van der Waals surface area contributed by atoms with Gasteiger partial charge in [-0.25, -0.2) is 14.4 Å². The number of hydrogen-bond donors (Lipinski definition) is 2. The normalized spacial score (nSPS) is 23.1. The zero-order chi connectivity index (χ0) is 27.7. The lowest BCUT2D eigenvalue weighted by molar-refractivity contribution is -0.150. The van der Waals surface area contributed by atoms with Crippen LogP contribution in [0.2, 0.25) is 0 Å². The Bertz CT molecular complexity index is 1360. The summed E-state index contributed by atoms with van der Waals surface area (Å²) in [5.74, 6) is -1.17. The molecule has 2 bridgehead atoms. The van der Waals surface area contributed by atoms with Crippen LogP contribution in [-0.2, 0) is 20.9 Å². The van der Waals surface area contributed by atoms with Gasteiger partial charge in [0, 0.05) is 30.8 Å². The number of nitrogens with one attached hydrogen (secondary N) is 1. The number of carboxylic acids is 1. The van der Waals surface area contributed by atoms with E-state index in [0.29, 0.717) is 12.8 Å². The number of alkyl carbamates (subject to hydrolysis) is 1. The largest absolute Gasteiger partial charge is 0.480 e. The average Bonchev–Trinajstić information content (AvgIpc) is 3.28. The third-order valence-corrected chi connectivity index (χ3v) is 8.54. The molecular weight excluding hydrogens is 508 g/mol. The first-order valence-electron chi connectivity index (χ1n) is 13.8. The number of ether oxygens (including phenoxy) is 2. The number of aliphatic carboxylic acids is 1. The Hall–Kier alpha value is -4.33. The Labute approximate surface area is 232 Å². The Morgan fingerprint density at radius 2 is 1.40 bits per heavy atom. The van der Waals surface area contributed by atoms with Gasteiger partial charge in [-0.3, -0.25) is 0 Å². The molecule has 2 atom stereocenters. The predicted molar refractivity (Wildman–Crippen MR) is 148 cm³/mol. The number of carboxylic acid groups (broad SMARTS) is 1. The first-order valence-corrected chi connectivity index (χ1v) is 13.8. The number of carbonyl (C=O) groups is 3. The molecule has 206 valence electrons. The van der Waals surface area contributed by atoms with Crippen molar-refractivity contribution in [3.8, 4) is 11.1 Å². The molecular formula is C32H32N2O6. The van der Waals surface area contributed by atoms with Crippen molar-refractivity contribution in [3.63, 3.8) is 0 Å². The van der Waals surface area contributed by atoms with Crippen molar-refractivity contribution >= 4 is 18.2 Å². The molecule has 2 fully saturated rings. The van der Waals surface area contributed by atoms with Gasteiger partial charge in [0.25, 0.3) is 0 Å². The maximum absolute atomic E-state index is 13.5. The quantitative estimate of drug-likeness (QED) is 0.416. The summed E-state index contributed by atoms with van der Waals surface area (Å²) in [7, 11) is 0. The van der Waals surface area contributed by atoms with Crippen molar-refractivity contribution in [2.45, 2.75) is 62.3 Å². The Morgan fingerprint density at radius 3 is 2.00 bits per heavy atom. The van der Waals surface area contributed by atoms with E-state index in [-0.39, 0.29) is 44.1 Å². The van der Waals surface area contributed by atoms with Crippen molar-refractivity contribution in [2.75, 3.05) is 6.61 Å². The third kappa shape index (κ3) is 4.78. The van der Waals surface area contributed by atoms with E-state index in [4.69, 9.17) is 9.47 Å². The summed E-state index contributed by atoms with van der Waals surface area (Å²) in [6.45, 7) is 0.248. The molecule has 2 saturated heterocycles. The van der Waals surface area contributed by atoms with Gasteiger partial charge in [-0.15, -0.1) is 0 Å². The van der Waals surface area contributed by atoms with Crippen molar-refractivity contribution < 1.29 is 29.0 Å². The van der Waals surface area contributed by atoms with Gasteiger partial charge in [-0.05, 0) is 47.1 Å². The van der Waals surface area contributed by atoms with Crippen LogP contribution in [0.4, 0.5) is 9.59 Å². The van der Waals surface area contributed by atoms with Crippen molar-refractivity contribution in [2.24, 2.45) is 0 Å². The van der Waals surface area contributed by atoms with E-state index in [9.17, 15) is 19.5 Å². The molecule has 6 rings (SSSR count). The van der Waals surface area contributed by atoms with Crippen LogP contribution in [-0.4, -0.2) is 52.4 Å². The average molecular weight is 541 g/mol. The SMILES string of the molecule is O=C(NC1(C(=O)O)CC2CCCC(C1)N2C(=O)OCC1c2ccccc2-c2ccccc21)OCc1ccccc1. The topological polar surface area (TPSA) is 105 Å². The van der Waals surface area contributed by atoms with Gasteiger partial charge in [0.2, 0.25) is 0 Å². The molecule has 8 nitrogen and oxygen atoms in total. The zero-order valence-corrected chi connectivity index (χ0v) is 22.1. The van der Waals surface area contributed by atoms with Gasteiger partial charge in [0.15, 0.2) is 0 Å². The predicted octanol–water partition coefficient (Wildman–Crippen LogP) is 5.70. The molecule has 0 saturated carbocycles. The van der Waals surface area contributed by atoms with Crippen molar-refractivity contribution in [1.82, 2.24) is 10.2 Å². The molecule has 2 N–H and O–H groups in total. The van der Waals surface area contributed by atoms with Crippen LogP contribution in [0.3, 0.4) is 0 Å². The lowest BCUT2D eigenvalue weighted by Crippen LogP contribution is -2.67. The van der Waals surface area contributed by atoms with Gasteiger partial charge in [0.05, 0.1) is 0 Å². The first-order chi connectivity index (χ1) is 19.4. The van der Waals surface area contributed by atoms with E-state index in [1.54, 1.807) is 4.90 Å². The van der Waals surface area contributed by atoms with Crippen LogP contribution < -0.4 is 5.32 Å². The van der Waals surface area contributed by atoms with Crippen LogP contribution in [0.5, 0.6) is 0 Å². The van der Waals surface area contributed by atoms with Gasteiger partial charge >= 0.3 is 18.2 Å². The second-order valence-corrected chi connectivity index (χ2v) is 10.9. The molecule has 0 spiro atoms. The van der Waals surface area contributed by atoms with E-state index in [1.807, 2.05) is 54.6 Å². The molecule has 2 heterocycles. The fraction of sp³-hybridized carbons (Fsp3) is 0.344. The van der Waals surface area contributed by atoms with E-state index in [0.717, 1.165) is 34.2 Å². The summed E-state index contributed by atoms with van der Waals surface area (Å²) >= 11 is 0. The van der Waals surface area contributed by atoms with Crippen molar-refractivity contribution in [3.05, 3.63) is 95.6 Å². The standard InChI is InChI=1S/C32H32N2O6/c35-29(36)32(33-30(37)39-19-21-9-2-1-3-10-21)17-22-11-8-12-23(18-32)34(22)31(38)40-20-28-26-15-6-4-13-24(26)25-14-5-7-16-27(25)28/h1-7,9-10,13-16,22-23,28H,8,11-12,17-20H2,(H,33,37)(H,35,36). The lowest BCUT2D eigenvalue weighted by atomic mass is 9.73. The van der Waals surface area contributed by atoms with Gasteiger partial charge in [-0.2, -0.15) is 0 Å². The number of fused-ring (bicyclic) bond motifs is 5. The number of hydrogen-bond acceptors (Lipinski definition) is 5. The summed E-state index contributed by atoms with van der Waals surface area (Å²) in [5.41, 5.74) is 3.89. The van der Waals surface area contributed by atoms with Crippen molar-refractivity contribution in [1.29, 1.82) is 0 Å². The minimum Gasteiger partial charge on any atom is -0.480 e. The molecule has 3 aliphatic rings. The highest BCUT2D eigenvalue weighted by Gasteiger charge is 2.54. The maximum Gasteiger partial charge on any atom is 0.410 e. The molecule has 2 aliphatic heterocycles. The lowest BCUT2D eigenvalue weighted by Gasteiger charge is -2.51. The second kappa shape index (κ2) is 10.7. The molecule has 8 heteroatoms. The molecule has 2 unspecified atom stereocenters. The number of amides is 2. The molecule has 3 aromatic carbocycles. The molecule has 2 amide bonds. The van der Waals surface area contributed by atoms with Crippen LogP contribution in [0.15, 0.2) is 78.9 Å². The molecule has 0 radical (unpaired) electrons. The second-order valence-electron chi connectivity index (χ2n) is 10.9. The Balaban J connectivity index is 1.14. The highest BCUT2D eigenvalue weighted by molar-refractivity contribution is 5.85. The third-order valence-electron chi connectivity index (χ3n) is 8.54. The van der Waals surface area contributed by atoms with E-state index < -0.39 is 23.7 Å².